The molecular formula is C22H18N6O4S. The molecule has 3 heterocycles. The van der Waals surface area contributed by atoms with Crippen LogP contribution in [0.2, 0.25) is 0 Å². The number of aromatic nitrogens is 5. The van der Waals surface area contributed by atoms with E-state index in [2.05, 4.69) is 20.7 Å². The SMILES string of the molecule is COc1cccc(-n2c(=O)c3ccccc3n3c(SCC(=O)Nc4cc(C)on4)nnc23)c1. The van der Waals surface area contributed by atoms with Crippen LogP contribution in [-0.4, -0.2) is 43.1 Å². The van der Waals surface area contributed by atoms with Gasteiger partial charge in [0, 0.05) is 12.1 Å². The third kappa shape index (κ3) is 3.82. The summed E-state index contributed by atoms with van der Waals surface area (Å²) < 4.78 is 13.5. The number of methoxy groups -OCH3 is 1. The smallest absolute Gasteiger partial charge is 0.267 e. The number of nitrogens with zero attached hydrogens (tertiary/aromatic N) is 5. The van der Waals surface area contributed by atoms with Gasteiger partial charge in [0.2, 0.25) is 11.7 Å². The Morgan fingerprint density at radius 3 is 2.79 bits per heavy atom. The van der Waals surface area contributed by atoms with Crippen molar-refractivity contribution in [3.63, 3.8) is 0 Å². The number of thioether (sulfide) groups is 1. The monoisotopic (exact) mass is 462 g/mol. The largest absolute Gasteiger partial charge is 0.497 e. The number of benzene rings is 2. The van der Waals surface area contributed by atoms with E-state index in [1.165, 1.54) is 16.3 Å². The summed E-state index contributed by atoms with van der Waals surface area (Å²) in [5, 5.41) is 16.0. The summed E-state index contributed by atoms with van der Waals surface area (Å²) in [5.41, 5.74) is 1.02. The molecule has 0 aliphatic heterocycles. The number of para-hydroxylation sites is 1. The lowest BCUT2D eigenvalue weighted by Crippen LogP contribution is -2.22. The van der Waals surface area contributed by atoms with Crippen molar-refractivity contribution >= 4 is 40.2 Å². The highest BCUT2D eigenvalue weighted by Crippen LogP contribution is 2.24. The molecule has 11 heteroatoms. The molecule has 0 aliphatic carbocycles. The zero-order valence-corrected chi connectivity index (χ0v) is 18.5. The van der Waals surface area contributed by atoms with Crippen molar-refractivity contribution in [2.45, 2.75) is 12.1 Å². The maximum Gasteiger partial charge on any atom is 0.267 e. The molecule has 0 radical (unpaired) electrons. The van der Waals surface area contributed by atoms with Gasteiger partial charge in [0.15, 0.2) is 11.0 Å². The normalized spacial score (nSPS) is 11.2. The van der Waals surface area contributed by atoms with Gasteiger partial charge in [-0.15, -0.1) is 10.2 Å². The summed E-state index contributed by atoms with van der Waals surface area (Å²) in [6.45, 7) is 1.74. The highest BCUT2D eigenvalue weighted by Gasteiger charge is 2.19. The molecule has 0 saturated heterocycles. The lowest BCUT2D eigenvalue weighted by molar-refractivity contribution is -0.113. The molecule has 0 aliphatic rings. The quantitative estimate of drug-likeness (QED) is 0.383. The van der Waals surface area contributed by atoms with E-state index >= 15 is 0 Å². The molecule has 0 saturated carbocycles. The second-order valence-electron chi connectivity index (χ2n) is 7.14. The minimum atomic E-state index is -0.268. The van der Waals surface area contributed by atoms with Crippen LogP contribution < -0.4 is 15.6 Å². The van der Waals surface area contributed by atoms with E-state index in [0.29, 0.717) is 44.9 Å². The van der Waals surface area contributed by atoms with Gasteiger partial charge in [0.25, 0.3) is 5.56 Å². The maximum absolute atomic E-state index is 13.4. The zero-order valence-electron chi connectivity index (χ0n) is 17.7. The van der Waals surface area contributed by atoms with Gasteiger partial charge in [0.05, 0.1) is 29.5 Å². The van der Waals surface area contributed by atoms with Crippen LogP contribution in [0.4, 0.5) is 5.82 Å². The minimum Gasteiger partial charge on any atom is -0.497 e. The molecule has 33 heavy (non-hydrogen) atoms. The number of carbonyl (C=O) groups is 1. The number of aryl methyl sites for hydroxylation is 1. The van der Waals surface area contributed by atoms with Gasteiger partial charge in [-0.2, -0.15) is 0 Å². The highest BCUT2D eigenvalue weighted by molar-refractivity contribution is 7.99. The van der Waals surface area contributed by atoms with Gasteiger partial charge in [-0.3, -0.25) is 14.0 Å². The first-order valence-corrected chi connectivity index (χ1v) is 10.9. The third-order valence-corrected chi connectivity index (χ3v) is 5.86. The molecule has 1 N–H and O–H groups in total. The van der Waals surface area contributed by atoms with Crippen LogP contribution in [-0.2, 0) is 4.79 Å². The van der Waals surface area contributed by atoms with Gasteiger partial charge in [0.1, 0.15) is 11.5 Å². The van der Waals surface area contributed by atoms with Crippen molar-refractivity contribution in [3.05, 3.63) is 70.7 Å². The summed E-state index contributed by atoms with van der Waals surface area (Å²) in [7, 11) is 1.56. The van der Waals surface area contributed by atoms with Crippen molar-refractivity contribution in [3.8, 4) is 11.4 Å². The number of rotatable bonds is 6. The molecule has 0 bridgehead atoms. The van der Waals surface area contributed by atoms with Gasteiger partial charge in [-0.1, -0.05) is 35.1 Å². The molecule has 0 fully saturated rings. The number of carbonyl (C=O) groups excluding carboxylic acids is 1. The Morgan fingerprint density at radius 2 is 2.00 bits per heavy atom. The standard InChI is InChI=1S/C22H18N6O4S/c1-13-10-18(26-32-13)23-19(29)12-33-22-25-24-21-27(14-6-5-7-15(11-14)31-2)20(30)16-8-3-4-9-17(16)28(21)22/h3-11H,12H2,1-2H3,(H,23,26,29). The van der Waals surface area contributed by atoms with Crippen molar-refractivity contribution in [1.29, 1.82) is 0 Å². The zero-order chi connectivity index (χ0) is 22.9. The molecular weight excluding hydrogens is 444 g/mol. The van der Waals surface area contributed by atoms with E-state index in [1.807, 2.05) is 12.1 Å². The van der Waals surface area contributed by atoms with E-state index in [4.69, 9.17) is 9.26 Å². The number of hydrogen-bond acceptors (Lipinski definition) is 8. The van der Waals surface area contributed by atoms with Gasteiger partial charge in [-0.05, 0) is 31.2 Å². The van der Waals surface area contributed by atoms with Gasteiger partial charge >= 0.3 is 0 Å². The average Bonchev–Trinajstić information content (AvgIpc) is 3.44. The molecule has 0 unspecified atom stereocenters. The molecule has 0 atom stereocenters. The first-order valence-electron chi connectivity index (χ1n) is 9.94. The van der Waals surface area contributed by atoms with Crippen LogP contribution in [0, 0.1) is 6.92 Å². The first-order chi connectivity index (χ1) is 16.0. The summed E-state index contributed by atoms with van der Waals surface area (Å²) in [6, 6.07) is 16.0. The Morgan fingerprint density at radius 1 is 1.15 bits per heavy atom. The van der Waals surface area contributed by atoms with Gasteiger partial charge < -0.3 is 14.6 Å². The Balaban J connectivity index is 1.58. The fourth-order valence-electron chi connectivity index (χ4n) is 3.49. The fourth-order valence-corrected chi connectivity index (χ4v) is 4.23. The number of hydrogen-bond donors (Lipinski definition) is 1. The lowest BCUT2D eigenvalue weighted by atomic mass is 10.2. The summed E-state index contributed by atoms with van der Waals surface area (Å²) in [4.78, 5) is 25.8. The number of nitrogens with one attached hydrogen (secondary N) is 1. The Hall–Kier alpha value is -4.12. The molecule has 10 nitrogen and oxygen atoms in total. The van der Waals surface area contributed by atoms with Crippen LogP contribution in [0.3, 0.4) is 0 Å². The molecule has 0 spiro atoms. The predicted molar refractivity (Wildman–Crippen MR) is 123 cm³/mol. The van der Waals surface area contributed by atoms with E-state index in [9.17, 15) is 9.59 Å². The van der Waals surface area contributed by atoms with Crippen molar-refractivity contribution in [1.82, 2.24) is 24.3 Å². The number of anilines is 1. The molecule has 1 amide bonds. The maximum atomic E-state index is 13.4. The number of ether oxygens (including phenoxy) is 1. The second kappa shape index (κ2) is 8.43. The molecule has 2 aromatic carbocycles. The first kappa shape index (κ1) is 20.8. The average molecular weight is 462 g/mol. The highest BCUT2D eigenvalue weighted by atomic mass is 32.2. The topological polar surface area (TPSA) is 117 Å². The van der Waals surface area contributed by atoms with Crippen molar-refractivity contribution in [2.24, 2.45) is 0 Å². The molecule has 5 rings (SSSR count). The molecule has 5 aromatic rings. The minimum absolute atomic E-state index is 0.0688. The summed E-state index contributed by atoms with van der Waals surface area (Å²) in [5.74, 6) is 1.70. The fraction of sp³-hybridized carbons (Fsp3) is 0.136. The number of fused-ring (bicyclic) bond motifs is 3. The van der Waals surface area contributed by atoms with E-state index in [-0.39, 0.29) is 17.2 Å². The van der Waals surface area contributed by atoms with E-state index < -0.39 is 0 Å². The van der Waals surface area contributed by atoms with Crippen LogP contribution in [0.1, 0.15) is 5.76 Å². The van der Waals surface area contributed by atoms with Crippen molar-refractivity contribution < 1.29 is 14.1 Å². The summed E-state index contributed by atoms with van der Waals surface area (Å²) >= 11 is 1.20. The van der Waals surface area contributed by atoms with Crippen LogP contribution >= 0.6 is 11.8 Å². The lowest BCUT2D eigenvalue weighted by Gasteiger charge is -2.12. The number of amides is 1. The van der Waals surface area contributed by atoms with Gasteiger partial charge in [-0.25, -0.2) is 4.57 Å². The Bertz CT molecular complexity index is 1550. The summed E-state index contributed by atoms with van der Waals surface area (Å²) in [6.07, 6.45) is 0. The third-order valence-electron chi connectivity index (χ3n) is 4.93. The molecule has 3 aromatic heterocycles. The van der Waals surface area contributed by atoms with E-state index in [0.717, 1.165) is 0 Å². The van der Waals surface area contributed by atoms with Crippen molar-refractivity contribution in [2.75, 3.05) is 18.2 Å². The predicted octanol–water partition coefficient (Wildman–Crippen LogP) is 3.07. The second-order valence-corrected chi connectivity index (χ2v) is 8.08. The van der Waals surface area contributed by atoms with Crippen LogP contribution in [0.5, 0.6) is 5.75 Å². The Kier molecular flexibility index (Phi) is 5.31. The Labute approximate surface area is 191 Å². The van der Waals surface area contributed by atoms with Crippen LogP contribution in [0.15, 0.2) is 69.1 Å². The van der Waals surface area contributed by atoms with Crippen LogP contribution in [0.25, 0.3) is 22.4 Å². The van der Waals surface area contributed by atoms with E-state index in [1.54, 1.807) is 60.9 Å². The molecule has 166 valence electrons.